The first kappa shape index (κ1) is 15.8. The second kappa shape index (κ2) is 5.29. The Morgan fingerprint density at radius 3 is 2.52 bits per heavy atom. The highest BCUT2D eigenvalue weighted by molar-refractivity contribution is 7.89. The Bertz CT molecular complexity index is 695. The molecule has 1 heterocycles. The molecule has 2 N–H and O–H groups in total. The molecule has 1 unspecified atom stereocenters. The minimum atomic E-state index is -4.71. The molecule has 1 aromatic rings. The number of hydrogen-bond donors (Lipinski definition) is 1. The van der Waals surface area contributed by atoms with Gasteiger partial charge in [-0.15, -0.1) is 0 Å². The number of sulfonamides is 1. The molecular weight excluding hydrogens is 307 g/mol. The van der Waals surface area contributed by atoms with Crippen LogP contribution in [0.5, 0.6) is 0 Å². The van der Waals surface area contributed by atoms with Crippen molar-refractivity contribution in [3.63, 3.8) is 0 Å². The van der Waals surface area contributed by atoms with Gasteiger partial charge in [0.15, 0.2) is 0 Å². The van der Waals surface area contributed by atoms with Gasteiger partial charge in [-0.1, -0.05) is 0 Å². The molecule has 1 fully saturated rings. The molecule has 1 aromatic carbocycles. The third-order valence-corrected chi connectivity index (χ3v) is 5.10. The van der Waals surface area contributed by atoms with Crippen molar-refractivity contribution in [3.05, 3.63) is 29.3 Å². The molecule has 1 aliphatic heterocycles. The maximum Gasteiger partial charge on any atom is 0.417 e. The van der Waals surface area contributed by atoms with Crippen LogP contribution in [0.15, 0.2) is 23.1 Å². The molecule has 0 aliphatic carbocycles. The fourth-order valence-corrected chi connectivity index (χ4v) is 3.68. The average molecular weight is 319 g/mol. The quantitative estimate of drug-likeness (QED) is 0.890. The SMILES string of the molecule is N#Cc1cc(S(=O)(=O)N2CCC(N)C2)ccc1C(F)(F)F. The summed E-state index contributed by atoms with van der Waals surface area (Å²) in [6, 6.07) is 3.33. The minimum absolute atomic E-state index is 0.116. The van der Waals surface area contributed by atoms with Crippen LogP contribution < -0.4 is 5.73 Å². The molecule has 0 aromatic heterocycles. The van der Waals surface area contributed by atoms with Gasteiger partial charge in [-0.3, -0.25) is 0 Å². The van der Waals surface area contributed by atoms with E-state index >= 15 is 0 Å². The number of rotatable bonds is 2. The molecule has 114 valence electrons. The largest absolute Gasteiger partial charge is 0.417 e. The van der Waals surface area contributed by atoms with Crippen LogP contribution in [-0.4, -0.2) is 31.9 Å². The lowest BCUT2D eigenvalue weighted by Crippen LogP contribution is -2.32. The lowest BCUT2D eigenvalue weighted by atomic mass is 10.1. The van der Waals surface area contributed by atoms with Gasteiger partial charge in [0.2, 0.25) is 10.0 Å². The van der Waals surface area contributed by atoms with Gasteiger partial charge in [0.05, 0.1) is 22.1 Å². The Balaban J connectivity index is 2.45. The predicted octanol–water partition coefficient (Wildman–Crippen LogP) is 1.30. The van der Waals surface area contributed by atoms with E-state index < -0.39 is 27.3 Å². The minimum Gasteiger partial charge on any atom is -0.326 e. The molecule has 1 saturated heterocycles. The molecule has 1 aliphatic rings. The third kappa shape index (κ3) is 3.02. The Kier molecular flexibility index (Phi) is 3.97. The molecule has 0 bridgehead atoms. The second-order valence-electron chi connectivity index (χ2n) is 4.73. The zero-order valence-electron chi connectivity index (χ0n) is 10.8. The van der Waals surface area contributed by atoms with Crippen molar-refractivity contribution in [1.82, 2.24) is 4.31 Å². The van der Waals surface area contributed by atoms with E-state index in [1.807, 2.05) is 0 Å². The monoisotopic (exact) mass is 319 g/mol. The van der Waals surface area contributed by atoms with Gasteiger partial charge in [0.25, 0.3) is 0 Å². The number of benzene rings is 1. The summed E-state index contributed by atoms with van der Waals surface area (Å²) in [6.45, 7) is 0.331. The highest BCUT2D eigenvalue weighted by atomic mass is 32.2. The molecule has 0 spiro atoms. The smallest absolute Gasteiger partial charge is 0.326 e. The first-order valence-electron chi connectivity index (χ1n) is 6.03. The topological polar surface area (TPSA) is 87.2 Å². The van der Waals surface area contributed by atoms with E-state index in [0.29, 0.717) is 12.5 Å². The van der Waals surface area contributed by atoms with Gasteiger partial charge in [0.1, 0.15) is 0 Å². The lowest BCUT2D eigenvalue weighted by molar-refractivity contribution is -0.137. The second-order valence-corrected chi connectivity index (χ2v) is 6.67. The number of hydrogen-bond acceptors (Lipinski definition) is 4. The highest BCUT2D eigenvalue weighted by Gasteiger charge is 2.36. The Labute approximate surface area is 119 Å². The van der Waals surface area contributed by atoms with Gasteiger partial charge in [-0.2, -0.15) is 22.7 Å². The van der Waals surface area contributed by atoms with Crippen LogP contribution >= 0.6 is 0 Å². The summed E-state index contributed by atoms with van der Waals surface area (Å²) in [5, 5.41) is 8.80. The van der Waals surface area contributed by atoms with Crippen LogP contribution in [-0.2, 0) is 16.2 Å². The fraction of sp³-hybridized carbons (Fsp3) is 0.417. The Morgan fingerprint density at radius 1 is 1.38 bits per heavy atom. The molecule has 9 heteroatoms. The number of alkyl halides is 3. The van der Waals surface area contributed by atoms with E-state index in [9.17, 15) is 21.6 Å². The van der Waals surface area contributed by atoms with Crippen LogP contribution in [0.2, 0.25) is 0 Å². The van der Waals surface area contributed by atoms with Crippen LogP contribution in [0.25, 0.3) is 0 Å². The van der Waals surface area contributed by atoms with E-state index in [2.05, 4.69) is 0 Å². The first-order valence-corrected chi connectivity index (χ1v) is 7.47. The highest BCUT2D eigenvalue weighted by Crippen LogP contribution is 2.33. The number of nitriles is 1. The summed E-state index contributed by atoms with van der Waals surface area (Å²) in [4.78, 5) is -0.332. The number of nitrogens with zero attached hydrogens (tertiary/aromatic N) is 2. The van der Waals surface area contributed by atoms with Crippen molar-refractivity contribution >= 4 is 10.0 Å². The van der Waals surface area contributed by atoms with Crippen molar-refractivity contribution < 1.29 is 21.6 Å². The molecule has 2 rings (SSSR count). The van der Waals surface area contributed by atoms with E-state index in [1.165, 1.54) is 6.07 Å². The van der Waals surface area contributed by atoms with Gasteiger partial charge >= 0.3 is 6.18 Å². The summed E-state index contributed by atoms with van der Waals surface area (Å²) in [5.41, 5.74) is 3.76. The van der Waals surface area contributed by atoms with E-state index in [4.69, 9.17) is 11.0 Å². The molecular formula is C12H12F3N3O2S. The van der Waals surface area contributed by atoms with Gasteiger partial charge in [0, 0.05) is 19.1 Å². The molecule has 0 radical (unpaired) electrons. The van der Waals surface area contributed by atoms with Crippen LogP contribution in [0, 0.1) is 11.3 Å². The molecule has 5 nitrogen and oxygen atoms in total. The van der Waals surface area contributed by atoms with Crippen molar-refractivity contribution in [1.29, 1.82) is 5.26 Å². The zero-order chi connectivity index (χ0) is 15.8. The van der Waals surface area contributed by atoms with Crippen molar-refractivity contribution in [2.75, 3.05) is 13.1 Å². The summed E-state index contributed by atoms with van der Waals surface area (Å²) in [6.07, 6.45) is -4.21. The standard InChI is InChI=1S/C12H12F3N3O2S/c13-12(14,15)11-2-1-10(5-8(11)6-16)21(19,20)18-4-3-9(17)7-18/h1-2,5,9H,3-4,7,17H2. The molecule has 21 heavy (non-hydrogen) atoms. The Morgan fingerprint density at radius 2 is 2.05 bits per heavy atom. The molecule has 1 atom stereocenters. The third-order valence-electron chi connectivity index (χ3n) is 3.24. The van der Waals surface area contributed by atoms with Crippen LogP contribution in [0.1, 0.15) is 17.5 Å². The average Bonchev–Trinajstić information content (AvgIpc) is 2.84. The number of nitrogens with two attached hydrogens (primary N) is 1. The predicted molar refractivity (Wildman–Crippen MR) is 67.5 cm³/mol. The van der Waals surface area contributed by atoms with Crippen LogP contribution in [0.3, 0.4) is 0 Å². The van der Waals surface area contributed by atoms with Crippen molar-refractivity contribution in [2.45, 2.75) is 23.5 Å². The summed E-state index contributed by atoms with van der Waals surface area (Å²) < 4.78 is 63.8. The summed E-state index contributed by atoms with van der Waals surface area (Å²) in [7, 11) is -3.93. The van der Waals surface area contributed by atoms with E-state index in [1.54, 1.807) is 0 Å². The zero-order valence-corrected chi connectivity index (χ0v) is 11.6. The van der Waals surface area contributed by atoms with E-state index in [0.717, 1.165) is 16.4 Å². The number of halogens is 3. The summed E-state index contributed by atoms with van der Waals surface area (Å²) >= 11 is 0. The van der Waals surface area contributed by atoms with Gasteiger partial charge in [-0.25, -0.2) is 8.42 Å². The van der Waals surface area contributed by atoms with Crippen molar-refractivity contribution in [2.24, 2.45) is 5.73 Å². The Hall–Kier alpha value is -1.63. The first-order chi connectivity index (χ1) is 9.66. The molecule has 0 amide bonds. The van der Waals surface area contributed by atoms with E-state index in [-0.39, 0.29) is 24.0 Å². The van der Waals surface area contributed by atoms with Gasteiger partial charge in [-0.05, 0) is 24.6 Å². The van der Waals surface area contributed by atoms with Crippen LogP contribution in [0.4, 0.5) is 13.2 Å². The normalized spacial score (nSPS) is 20.4. The lowest BCUT2D eigenvalue weighted by Gasteiger charge is -2.17. The summed E-state index contributed by atoms with van der Waals surface area (Å²) in [5.74, 6) is 0. The maximum atomic E-state index is 12.7. The van der Waals surface area contributed by atoms with Gasteiger partial charge < -0.3 is 5.73 Å². The maximum absolute atomic E-state index is 12.7. The fourth-order valence-electron chi connectivity index (χ4n) is 2.14. The molecule has 0 saturated carbocycles. The van der Waals surface area contributed by atoms with Crippen molar-refractivity contribution in [3.8, 4) is 6.07 Å².